The van der Waals surface area contributed by atoms with Crippen molar-refractivity contribution in [3.63, 3.8) is 0 Å². The summed E-state index contributed by atoms with van der Waals surface area (Å²) in [7, 11) is 0. The second kappa shape index (κ2) is 4.84. The van der Waals surface area contributed by atoms with Crippen LogP contribution in [0.5, 0.6) is 0 Å². The van der Waals surface area contributed by atoms with Crippen LogP contribution in [0.1, 0.15) is 15.9 Å². The summed E-state index contributed by atoms with van der Waals surface area (Å²) in [6.07, 6.45) is -3.25. The number of halogens is 3. The maximum Gasteiger partial charge on any atom is 0.416 e. The Balaban J connectivity index is 2.42. The van der Waals surface area contributed by atoms with Crippen molar-refractivity contribution in [2.75, 3.05) is 5.73 Å². The van der Waals surface area contributed by atoms with Crippen molar-refractivity contribution in [2.45, 2.75) is 6.18 Å². The molecule has 0 atom stereocenters. The first-order valence-electron chi connectivity index (χ1n) is 5.45. The number of alkyl halides is 3. The molecule has 0 saturated heterocycles. The van der Waals surface area contributed by atoms with E-state index < -0.39 is 17.7 Å². The molecule has 1 aromatic carbocycles. The van der Waals surface area contributed by atoms with Crippen LogP contribution in [0.15, 0.2) is 36.5 Å². The Morgan fingerprint density at radius 2 is 1.80 bits per heavy atom. The first kappa shape index (κ1) is 13.9. The molecule has 0 radical (unpaired) electrons. The molecule has 7 heteroatoms. The topological polar surface area (TPSA) is 76.2 Å². The number of rotatable bonds is 2. The van der Waals surface area contributed by atoms with Gasteiger partial charge < -0.3 is 10.8 Å². The summed E-state index contributed by atoms with van der Waals surface area (Å²) in [5.41, 5.74) is 5.14. The minimum absolute atomic E-state index is 0.00633. The Bertz CT molecular complexity index is 652. The lowest BCUT2D eigenvalue weighted by Gasteiger charge is -2.08. The first-order chi connectivity index (χ1) is 9.29. The summed E-state index contributed by atoms with van der Waals surface area (Å²) in [6, 6.07) is 5.50. The van der Waals surface area contributed by atoms with Crippen molar-refractivity contribution in [3.8, 4) is 11.3 Å². The van der Waals surface area contributed by atoms with Crippen LogP contribution in [0.25, 0.3) is 11.3 Å². The van der Waals surface area contributed by atoms with Gasteiger partial charge in [0, 0.05) is 5.56 Å². The normalized spacial score (nSPS) is 11.3. The molecule has 0 amide bonds. The fourth-order valence-corrected chi connectivity index (χ4v) is 1.64. The predicted molar refractivity (Wildman–Crippen MR) is 66.0 cm³/mol. The third kappa shape index (κ3) is 2.71. The maximum absolute atomic E-state index is 12.4. The van der Waals surface area contributed by atoms with Gasteiger partial charge in [-0.15, -0.1) is 0 Å². The lowest BCUT2D eigenvalue weighted by Crippen LogP contribution is -2.05. The van der Waals surface area contributed by atoms with E-state index in [4.69, 9.17) is 10.8 Å². The summed E-state index contributed by atoms with van der Waals surface area (Å²) in [6.45, 7) is 0. The molecule has 2 aromatic rings. The number of hydrogen-bond donors (Lipinski definition) is 2. The average Bonchev–Trinajstić information content (AvgIpc) is 2.38. The quantitative estimate of drug-likeness (QED) is 0.887. The van der Waals surface area contributed by atoms with Gasteiger partial charge >= 0.3 is 12.1 Å². The average molecular weight is 282 g/mol. The monoisotopic (exact) mass is 282 g/mol. The van der Waals surface area contributed by atoms with Crippen LogP contribution in [0.3, 0.4) is 0 Å². The molecule has 0 saturated carbocycles. The molecule has 0 aliphatic carbocycles. The summed E-state index contributed by atoms with van der Waals surface area (Å²) >= 11 is 0. The summed E-state index contributed by atoms with van der Waals surface area (Å²) in [5.74, 6) is -1.22. The van der Waals surface area contributed by atoms with Gasteiger partial charge in [0.05, 0.1) is 28.7 Å². The van der Waals surface area contributed by atoms with Gasteiger partial charge in [-0.2, -0.15) is 13.2 Å². The Morgan fingerprint density at radius 1 is 1.20 bits per heavy atom. The van der Waals surface area contributed by atoms with E-state index in [2.05, 4.69) is 4.98 Å². The summed E-state index contributed by atoms with van der Waals surface area (Å²) in [5, 5.41) is 8.93. The fraction of sp³-hybridized carbons (Fsp3) is 0.0769. The van der Waals surface area contributed by atoms with E-state index in [1.54, 1.807) is 0 Å². The number of hydrogen-bond acceptors (Lipinski definition) is 3. The number of nitrogens with two attached hydrogens (primary N) is 1. The first-order valence-corrected chi connectivity index (χ1v) is 5.45. The van der Waals surface area contributed by atoms with Crippen molar-refractivity contribution in [1.29, 1.82) is 0 Å². The molecule has 0 aliphatic rings. The number of nitrogen functional groups attached to an aromatic ring is 1. The third-order valence-corrected chi connectivity index (χ3v) is 2.67. The van der Waals surface area contributed by atoms with Gasteiger partial charge in [-0.1, -0.05) is 12.1 Å². The van der Waals surface area contributed by atoms with Crippen LogP contribution in [-0.4, -0.2) is 16.1 Å². The van der Waals surface area contributed by atoms with E-state index in [0.717, 1.165) is 18.3 Å². The number of carboxylic acid groups (broad SMARTS) is 1. The zero-order valence-electron chi connectivity index (χ0n) is 9.98. The lowest BCUT2D eigenvalue weighted by molar-refractivity contribution is -0.137. The SMILES string of the molecule is Nc1cnc(-c2ccc(C(F)(F)F)cc2)cc1C(=O)O. The Morgan fingerprint density at radius 3 is 2.30 bits per heavy atom. The largest absolute Gasteiger partial charge is 0.478 e. The van der Waals surface area contributed by atoms with Crippen molar-refractivity contribution < 1.29 is 23.1 Å². The molecule has 2 rings (SSSR count). The number of benzene rings is 1. The Labute approximate surface area is 111 Å². The lowest BCUT2D eigenvalue weighted by atomic mass is 10.1. The molecular weight excluding hydrogens is 273 g/mol. The standard InChI is InChI=1S/C13H9F3N2O2/c14-13(15,16)8-3-1-7(2-4-8)11-5-9(12(19)20)10(17)6-18-11/h1-6H,17H2,(H,19,20). The number of nitrogens with zero attached hydrogens (tertiary/aromatic N) is 1. The van der Waals surface area contributed by atoms with Crippen LogP contribution < -0.4 is 5.73 Å². The van der Waals surface area contributed by atoms with Crippen LogP contribution in [0.4, 0.5) is 18.9 Å². The maximum atomic E-state index is 12.4. The highest BCUT2D eigenvalue weighted by Gasteiger charge is 2.30. The molecule has 104 valence electrons. The molecular formula is C13H9F3N2O2. The smallest absolute Gasteiger partial charge is 0.416 e. The summed E-state index contributed by atoms with van der Waals surface area (Å²) in [4.78, 5) is 14.8. The van der Waals surface area contributed by atoms with Crippen LogP contribution >= 0.6 is 0 Å². The van der Waals surface area contributed by atoms with E-state index >= 15 is 0 Å². The van der Waals surface area contributed by atoms with E-state index in [9.17, 15) is 18.0 Å². The van der Waals surface area contributed by atoms with Gasteiger partial charge in [-0.05, 0) is 18.2 Å². The van der Waals surface area contributed by atoms with Crippen LogP contribution in [-0.2, 0) is 6.18 Å². The van der Waals surface area contributed by atoms with E-state index in [1.807, 2.05) is 0 Å². The van der Waals surface area contributed by atoms with Crippen molar-refractivity contribution in [1.82, 2.24) is 4.98 Å². The number of carboxylic acids is 1. The number of carbonyl (C=O) groups is 1. The number of anilines is 1. The zero-order chi connectivity index (χ0) is 14.9. The number of aromatic nitrogens is 1. The summed E-state index contributed by atoms with van der Waals surface area (Å²) < 4.78 is 37.3. The van der Waals surface area contributed by atoms with Gasteiger partial charge in [0.2, 0.25) is 0 Å². The molecule has 0 aliphatic heterocycles. The molecule has 0 fully saturated rings. The molecule has 0 bridgehead atoms. The minimum Gasteiger partial charge on any atom is -0.478 e. The van der Waals surface area contributed by atoms with Crippen molar-refractivity contribution in [2.24, 2.45) is 0 Å². The Kier molecular flexibility index (Phi) is 3.35. The molecule has 1 aromatic heterocycles. The molecule has 0 unspecified atom stereocenters. The third-order valence-electron chi connectivity index (χ3n) is 2.67. The van der Waals surface area contributed by atoms with Crippen molar-refractivity contribution >= 4 is 11.7 Å². The van der Waals surface area contributed by atoms with Gasteiger partial charge in [0.1, 0.15) is 0 Å². The predicted octanol–water partition coefficient (Wildman–Crippen LogP) is 3.05. The highest BCUT2D eigenvalue weighted by atomic mass is 19.4. The highest BCUT2D eigenvalue weighted by molar-refractivity contribution is 5.94. The van der Waals surface area contributed by atoms with E-state index in [1.165, 1.54) is 18.2 Å². The fourth-order valence-electron chi connectivity index (χ4n) is 1.64. The molecule has 3 N–H and O–H groups in total. The highest BCUT2D eigenvalue weighted by Crippen LogP contribution is 2.31. The molecule has 20 heavy (non-hydrogen) atoms. The van der Waals surface area contributed by atoms with Crippen LogP contribution in [0.2, 0.25) is 0 Å². The second-order valence-corrected chi connectivity index (χ2v) is 4.04. The van der Waals surface area contributed by atoms with Gasteiger partial charge in [-0.25, -0.2) is 4.79 Å². The zero-order valence-corrected chi connectivity index (χ0v) is 9.98. The molecule has 1 heterocycles. The second-order valence-electron chi connectivity index (χ2n) is 4.04. The molecule has 0 spiro atoms. The van der Waals surface area contributed by atoms with Gasteiger partial charge in [0.15, 0.2) is 0 Å². The number of aromatic carboxylic acids is 1. The Hall–Kier alpha value is -2.57. The van der Waals surface area contributed by atoms with Crippen molar-refractivity contribution in [3.05, 3.63) is 47.7 Å². The number of pyridine rings is 1. The molecule has 4 nitrogen and oxygen atoms in total. The minimum atomic E-state index is -4.42. The van der Waals surface area contributed by atoms with Crippen LogP contribution in [0, 0.1) is 0 Å². The van der Waals surface area contributed by atoms with Gasteiger partial charge in [0.25, 0.3) is 0 Å². The van der Waals surface area contributed by atoms with Gasteiger partial charge in [-0.3, -0.25) is 4.98 Å². The van der Waals surface area contributed by atoms with E-state index in [0.29, 0.717) is 5.56 Å². The van der Waals surface area contributed by atoms with E-state index in [-0.39, 0.29) is 16.9 Å².